The molecule has 0 aromatic heterocycles. The summed E-state index contributed by atoms with van der Waals surface area (Å²) in [7, 11) is 1.83. The van der Waals surface area contributed by atoms with Gasteiger partial charge in [0.2, 0.25) is 0 Å². The maximum atomic E-state index is 11.2. The molecule has 0 amide bonds. The lowest BCUT2D eigenvalue weighted by Gasteiger charge is -2.15. The molecule has 1 rings (SSSR count). The van der Waals surface area contributed by atoms with E-state index in [1.54, 1.807) is 0 Å². The van der Waals surface area contributed by atoms with Crippen LogP contribution in [0.5, 0.6) is 0 Å². The van der Waals surface area contributed by atoms with E-state index in [1.165, 1.54) is 64.5 Å². The van der Waals surface area contributed by atoms with Crippen LogP contribution in [0.3, 0.4) is 0 Å². The van der Waals surface area contributed by atoms with E-state index >= 15 is 0 Å². The van der Waals surface area contributed by atoms with E-state index < -0.39 is 0 Å². The molecule has 0 aromatic carbocycles. The number of unbranched alkanes of at least 4 members (excludes halogenated alkanes) is 7. The van der Waals surface area contributed by atoms with Gasteiger partial charge in [-0.05, 0) is 25.8 Å². The van der Waals surface area contributed by atoms with Crippen LogP contribution in [0.25, 0.3) is 0 Å². The Morgan fingerprint density at radius 1 is 1.05 bits per heavy atom. The average Bonchev–Trinajstić information content (AvgIpc) is 2.96. The lowest BCUT2D eigenvalue weighted by atomic mass is 10.1. The second-order valence-corrected chi connectivity index (χ2v) is 6.42. The molecule has 1 atom stereocenters. The quantitative estimate of drug-likeness (QED) is 0.477. The fourth-order valence-corrected chi connectivity index (χ4v) is 3.09. The van der Waals surface area contributed by atoms with Gasteiger partial charge in [0, 0.05) is 33.0 Å². The molecule has 3 nitrogen and oxygen atoms in total. The minimum Gasteiger partial charge on any atom is -0.380 e. The van der Waals surface area contributed by atoms with Gasteiger partial charge in [0.25, 0.3) is 0 Å². The second kappa shape index (κ2) is 12.2. The van der Waals surface area contributed by atoms with Gasteiger partial charge < -0.3 is 9.64 Å². The summed E-state index contributed by atoms with van der Waals surface area (Å²) in [4.78, 5) is 13.7. The normalized spacial score (nSPS) is 19.2. The van der Waals surface area contributed by atoms with E-state index in [-0.39, 0.29) is 0 Å². The van der Waals surface area contributed by atoms with Gasteiger partial charge in [-0.1, -0.05) is 45.4 Å². The molecule has 1 heterocycles. The first-order valence-electron chi connectivity index (χ1n) is 9.03. The zero-order chi connectivity index (χ0) is 15.3. The number of ketones is 1. The van der Waals surface area contributed by atoms with Crippen LogP contribution in [-0.4, -0.2) is 43.5 Å². The molecule has 3 heteroatoms. The third-order valence-electron chi connectivity index (χ3n) is 4.64. The van der Waals surface area contributed by atoms with E-state index in [0.29, 0.717) is 18.3 Å². The largest absolute Gasteiger partial charge is 0.380 e. The summed E-state index contributed by atoms with van der Waals surface area (Å²) in [6.45, 7) is 5.56. The van der Waals surface area contributed by atoms with Crippen molar-refractivity contribution < 1.29 is 9.53 Å². The summed E-state index contributed by atoms with van der Waals surface area (Å²) in [5.41, 5.74) is 0. The van der Waals surface area contributed by atoms with Gasteiger partial charge in [0.1, 0.15) is 5.78 Å². The number of carbonyl (C=O) groups excluding carboxylic acids is 1. The molecule has 1 aliphatic heterocycles. The number of methoxy groups -OCH3 is 1. The average molecular weight is 297 g/mol. The monoisotopic (exact) mass is 297 g/mol. The minimum atomic E-state index is 0.424. The number of carbonyl (C=O) groups is 1. The van der Waals surface area contributed by atoms with Gasteiger partial charge in [-0.3, -0.25) is 4.79 Å². The van der Waals surface area contributed by atoms with Crippen molar-refractivity contribution in [2.45, 2.75) is 83.7 Å². The van der Waals surface area contributed by atoms with E-state index in [9.17, 15) is 4.79 Å². The predicted molar refractivity (Wildman–Crippen MR) is 88.7 cm³/mol. The number of rotatable bonds is 13. The molecule has 1 saturated heterocycles. The van der Waals surface area contributed by atoms with Crippen molar-refractivity contribution in [3.05, 3.63) is 0 Å². The highest BCUT2D eigenvalue weighted by molar-refractivity contribution is 5.77. The molecule has 1 fully saturated rings. The highest BCUT2D eigenvalue weighted by Gasteiger charge is 2.20. The van der Waals surface area contributed by atoms with Gasteiger partial charge >= 0.3 is 0 Å². The topological polar surface area (TPSA) is 29.5 Å². The van der Waals surface area contributed by atoms with E-state index in [0.717, 1.165) is 19.4 Å². The van der Waals surface area contributed by atoms with Crippen LogP contribution in [0.4, 0.5) is 0 Å². The SMILES string of the molecule is CCC(=O)CCCCCCCCCCN1CCC(OC)C1. The molecule has 124 valence electrons. The first-order chi connectivity index (χ1) is 10.3. The van der Waals surface area contributed by atoms with Crippen molar-refractivity contribution in [3.63, 3.8) is 0 Å². The fourth-order valence-electron chi connectivity index (χ4n) is 3.09. The molecule has 0 N–H and O–H groups in total. The Balaban J connectivity index is 1.78. The van der Waals surface area contributed by atoms with Crippen LogP contribution in [-0.2, 0) is 9.53 Å². The zero-order valence-electron chi connectivity index (χ0n) is 14.2. The van der Waals surface area contributed by atoms with Crippen molar-refractivity contribution in [2.75, 3.05) is 26.7 Å². The van der Waals surface area contributed by atoms with Crippen LogP contribution in [0.2, 0.25) is 0 Å². The third-order valence-corrected chi connectivity index (χ3v) is 4.64. The van der Waals surface area contributed by atoms with E-state index in [1.807, 2.05) is 14.0 Å². The Morgan fingerprint density at radius 2 is 1.67 bits per heavy atom. The van der Waals surface area contributed by atoms with Crippen LogP contribution in [0.1, 0.15) is 77.6 Å². The molecule has 1 aliphatic rings. The fraction of sp³-hybridized carbons (Fsp3) is 0.944. The van der Waals surface area contributed by atoms with Gasteiger partial charge in [-0.25, -0.2) is 0 Å². The van der Waals surface area contributed by atoms with Crippen LogP contribution in [0.15, 0.2) is 0 Å². The summed E-state index contributed by atoms with van der Waals surface area (Å²) < 4.78 is 5.39. The molecule has 0 spiro atoms. The highest BCUT2D eigenvalue weighted by atomic mass is 16.5. The summed E-state index contributed by atoms with van der Waals surface area (Å²) in [6, 6.07) is 0. The molecular weight excluding hydrogens is 262 g/mol. The maximum Gasteiger partial charge on any atom is 0.132 e. The molecule has 1 unspecified atom stereocenters. The van der Waals surface area contributed by atoms with Crippen LogP contribution in [0, 0.1) is 0 Å². The summed E-state index contributed by atoms with van der Waals surface area (Å²) in [5.74, 6) is 0.424. The smallest absolute Gasteiger partial charge is 0.132 e. The van der Waals surface area contributed by atoms with Gasteiger partial charge in [0.15, 0.2) is 0 Å². The van der Waals surface area contributed by atoms with Gasteiger partial charge in [0.05, 0.1) is 6.10 Å². The number of nitrogens with zero attached hydrogens (tertiary/aromatic N) is 1. The first-order valence-corrected chi connectivity index (χ1v) is 9.03. The summed E-state index contributed by atoms with van der Waals surface area (Å²) in [6.07, 6.45) is 13.6. The first kappa shape index (κ1) is 18.6. The Bertz CT molecular complexity index is 268. The Kier molecular flexibility index (Phi) is 10.8. The number of likely N-dealkylation sites (tertiary alicyclic amines) is 1. The predicted octanol–water partition coefficient (Wildman–Crippen LogP) is 4.20. The molecule has 0 aromatic rings. The Morgan fingerprint density at radius 3 is 2.24 bits per heavy atom. The summed E-state index contributed by atoms with van der Waals surface area (Å²) in [5, 5.41) is 0. The molecular formula is C18H35NO2. The van der Waals surface area contributed by atoms with Crippen molar-refractivity contribution >= 4 is 5.78 Å². The van der Waals surface area contributed by atoms with Crippen LogP contribution >= 0.6 is 0 Å². The van der Waals surface area contributed by atoms with Crippen molar-refractivity contribution in [3.8, 4) is 0 Å². The number of hydrogen-bond acceptors (Lipinski definition) is 3. The van der Waals surface area contributed by atoms with Crippen molar-refractivity contribution in [1.29, 1.82) is 0 Å². The minimum absolute atomic E-state index is 0.424. The van der Waals surface area contributed by atoms with E-state index in [2.05, 4.69) is 4.90 Å². The van der Waals surface area contributed by atoms with Crippen molar-refractivity contribution in [1.82, 2.24) is 4.90 Å². The molecule has 0 bridgehead atoms. The Labute approximate surface area is 131 Å². The maximum absolute atomic E-state index is 11.2. The summed E-state index contributed by atoms with van der Waals surface area (Å²) >= 11 is 0. The van der Waals surface area contributed by atoms with Crippen LogP contribution < -0.4 is 0 Å². The Hall–Kier alpha value is -0.410. The number of Topliss-reactive ketones (excluding diaryl/α,β-unsaturated/α-hetero) is 1. The van der Waals surface area contributed by atoms with Gasteiger partial charge in [-0.2, -0.15) is 0 Å². The molecule has 21 heavy (non-hydrogen) atoms. The highest BCUT2D eigenvalue weighted by Crippen LogP contribution is 2.14. The van der Waals surface area contributed by atoms with Gasteiger partial charge in [-0.15, -0.1) is 0 Å². The number of hydrogen-bond donors (Lipinski definition) is 0. The van der Waals surface area contributed by atoms with Crippen molar-refractivity contribution in [2.24, 2.45) is 0 Å². The standard InChI is InChI=1S/C18H35NO2/c1-3-17(20)12-10-8-6-4-5-7-9-11-14-19-15-13-18(16-19)21-2/h18H,3-16H2,1-2H3. The molecule has 0 aliphatic carbocycles. The molecule has 0 radical (unpaired) electrons. The third kappa shape index (κ3) is 9.26. The number of ether oxygens (including phenoxy) is 1. The molecule has 0 saturated carbocycles. The second-order valence-electron chi connectivity index (χ2n) is 6.42. The van der Waals surface area contributed by atoms with E-state index in [4.69, 9.17) is 4.74 Å². The lowest BCUT2D eigenvalue weighted by molar-refractivity contribution is -0.118. The lowest BCUT2D eigenvalue weighted by Crippen LogP contribution is -2.23. The zero-order valence-corrected chi connectivity index (χ0v) is 14.2.